The highest BCUT2D eigenvalue weighted by molar-refractivity contribution is 5.47. The Morgan fingerprint density at radius 3 is 3.00 bits per heavy atom. The van der Waals surface area contributed by atoms with Crippen molar-refractivity contribution in [1.29, 1.82) is 0 Å². The Labute approximate surface area is 86.9 Å². The molecule has 0 unspecified atom stereocenters. The summed E-state index contributed by atoms with van der Waals surface area (Å²) < 4.78 is 3.62. The summed E-state index contributed by atoms with van der Waals surface area (Å²) in [4.78, 5) is 4.03. The van der Waals surface area contributed by atoms with Crippen LogP contribution in [0.15, 0.2) is 12.5 Å². The number of aromatic nitrogens is 6. The summed E-state index contributed by atoms with van der Waals surface area (Å²) in [6, 6.07) is 0. The molecule has 15 heavy (non-hydrogen) atoms. The molecule has 2 aromatic rings. The molecule has 2 aromatic heterocycles. The summed E-state index contributed by atoms with van der Waals surface area (Å²) in [6.07, 6.45) is 4.32. The van der Waals surface area contributed by atoms with Crippen LogP contribution < -0.4 is 5.73 Å². The fourth-order valence-corrected chi connectivity index (χ4v) is 1.35. The molecule has 0 spiro atoms. The van der Waals surface area contributed by atoms with Crippen LogP contribution in [0.25, 0.3) is 11.5 Å². The quantitative estimate of drug-likeness (QED) is 0.724. The maximum absolute atomic E-state index is 5.44. The highest BCUT2D eigenvalue weighted by atomic mass is 15.5. The van der Waals surface area contributed by atoms with Crippen molar-refractivity contribution in [2.24, 2.45) is 12.8 Å². The van der Waals surface area contributed by atoms with Gasteiger partial charge in [0, 0.05) is 13.6 Å². The van der Waals surface area contributed by atoms with Crippen molar-refractivity contribution >= 4 is 0 Å². The molecule has 7 heteroatoms. The third-order valence-electron chi connectivity index (χ3n) is 2.15. The molecular weight excluding hydrogens is 194 g/mol. The van der Waals surface area contributed by atoms with E-state index in [0.717, 1.165) is 24.5 Å². The Morgan fingerprint density at radius 2 is 2.33 bits per heavy atom. The van der Waals surface area contributed by atoms with Crippen LogP contribution in [0.3, 0.4) is 0 Å². The lowest BCUT2D eigenvalue weighted by Gasteiger charge is -2.03. The van der Waals surface area contributed by atoms with Gasteiger partial charge in [0.05, 0.1) is 12.5 Å². The fraction of sp³-hybridized carbons (Fsp3) is 0.500. The van der Waals surface area contributed by atoms with Crippen LogP contribution in [0, 0.1) is 0 Å². The number of imidazole rings is 1. The number of hydrogen-bond donors (Lipinski definition) is 1. The first kappa shape index (κ1) is 9.78. The molecule has 7 nitrogen and oxygen atoms in total. The minimum atomic E-state index is 0.630. The molecule has 0 fully saturated rings. The Balaban J connectivity index is 2.29. The molecule has 0 saturated carbocycles. The minimum Gasteiger partial charge on any atom is -0.331 e. The Morgan fingerprint density at radius 1 is 1.47 bits per heavy atom. The summed E-state index contributed by atoms with van der Waals surface area (Å²) in [5, 5.41) is 11.5. The van der Waals surface area contributed by atoms with Gasteiger partial charge in [0.2, 0.25) is 0 Å². The molecule has 0 aliphatic rings. The molecule has 0 amide bonds. The summed E-state index contributed by atoms with van der Waals surface area (Å²) in [5.74, 6) is 0.725. The van der Waals surface area contributed by atoms with E-state index in [0.29, 0.717) is 6.54 Å². The van der Waals surface area contributed by atoms with E-state index in [1.165, 1.54) is 0 Å². The van der Waals surface area contributed by atoms with Crippen LogP contribution in [-0.2, 0) is 13.6 Å². The average Bonchev–Trinajstić information content (AvgIpc) is 2.82. The second-order valence-corrected chi connectivity index (χ2v) is 3.26. The number of hydrogen-bond acceptors (Lipinski definition) is 5. The van der Waals surface area contributed by atoms with E-state index in [2.05, 4.69) is 20.5 Å². The van der Waals surface area contributed by atoms with Crippen LogP contribution in [0.1, 0.15) is 6.42 Å². The van der Waals surface area contributed by atoms with Gasteiger partial charge in [-0.2, -0.15) is 0 Å². The van der Waals surface area contributed by atoms with Gasteiger partial charge in [-0.3, -0.25) is 0 Å². The smallest absolute Gasteiger partial charge is 0.200 e. The maximum Gasteiger partial charge on any atom is 0.200 e. The molecule has 0 bridgehead atoms. The second kappa shape index (κ2) is 4.18. The molecule has 2 rings (SSSR count). The highest BCUT2D eigenvalue weighted by Gasteiger charge is 2.11. The van der Waals surface area contributed by atoms with Crippen molar-refractivity contribution in [3.8, 4) is 11.5 Å². The Bertz CT molecular complexity index is 430. The Kier molecular flexibility index (Phi) is 2.72. The second-order valence-electron chi connectivity index (χ2n) is 3.26. The van der Waals surface area contributed by atoms with Crippen molar-refractivity contribution in [2.45, 2.75) is 13.0 Å². The molecule has 2 N–H and O–H groups in total. The van der Waals surface area contributed by atoms with E-state index < -0.39 is 0 Å². The van der Waals surface area contributed by atoms with Crippen LogP contribution in [0.2, 0.25) is 0 Å². The van der Waals surface area contributed by atoms with Crippen molar-refractivity contribution in [2.75, 3.05) is 6.54 Å². The van der Waals surface area contributed by atoms with Crippen LogP contribution in [0.5, 0.6) is 0 Å². The lowest BCUT2D eigenvalue weighted by molar-refractivity contribution is 0.567. The van der Waals surface area contributed by atoms with Gasteiger partial charge in [-0.25, -0.2) is 9.67 Å². The van der Waals surface area contributed by atoms with Crippen molar-refractivity contribution in [3.05, 3.63) is 12.5 Å². The van der Waals surface area contributed by atoms with Gasteiger partial charge in [-0.15, -0.1) is 5.10 Å². The van der Waals surface area contributed by atoms with Crippen LogP contribution in [-0.4, -0.2) is 36.3 Å². The zero-order chi connectivity index (χ0) is 10.7. The normalized spacial score (nSPS) is 10.8. The van der Waals surface area contributed by atoms with Gasteiger partial charge >= 0.3 is 0 Å². The molecule has 2 heterocycles. The predicted molar refractivity (Wildman–Crippen MR) is 53.7 cm³/mol. The van der Waals surface area contributed by atoms with Gasteiger partial charge in [0.15, 0.2) is 5.82 Å². The largest absolute Gasteiger partial charge is 0.331 e. The average molecular weight is 207 g/mol. The number of tetrazole rings is 1. The maximum atomic E-state index is 5.44. The van der Waals surface area contributed by atoms with E-state index >= 15 is 0 Å². The summed E-state index contributed by atoms with van der Waals surface area (Å²) in [7, 11) is 1.91. The summed E-state index contributed by atoms with van der Waals surface area (Å²) >= 11 is 0. The van der Waals surface area contributed by atoms with Crippen LogP contribution in [0.4, 0.5) is 0 Å². The minimum absolute atomic E-state index is 0.630. The molecule has 0 saturated heterocycles. The topological polar surface area (TPSA) is 87.4 Å². The first-order chi connectivity index (χ1) is 7.33. The molecule has 0 aliphatic carbocycles. The fourth-order valence-electron chi connectivity index (χ4n) is 1.35. The first-order valence-corrected chi connectivity index (χ1v) is 4.76. The van der Waals surface area contributed by atoms with Gasteiger partial charge in [0.25, 0.3) is 0 Å². The monoisotopic (exact) mass is 207 g/mol. The molecule has 0 atom stereocenters. The molecule has 0 radical (unpaired) electrons. The Hall–Kier alpha value is -1.76. The number of aryl methyl sites for hydroxylation is 2. The van der Waals surface area contributed by atoms with Crippen molar-refractivity contribution in [3.63, 3.8) is 0 Å². The van der Waals surface area contributed by atoms with Gasteiger partial charge < -0.3 is 10.3 Å². The van der Waals surface area contributed by atoms with E-state index in [1.807, 2.05) is 11.6 Å². The molecule has 80 valence electrons. The summed E-state index contributed by atoms with van der Waals surface area (Å²) in [5.41, 5.74) is 6.34. The highest BCUT2D eigenvalue weighted by Crippen LogP contribution is 2.13. The van der Waals surface area contributed by atoms with Crippen molar-refractivity contribution < 1.29 is 0 Å². The number of nitrogens with two attached hydrogens (primary N) is 1. The van der Waals surface area contributed by atoms with Gasteiger partial charge in [-0.1, -0.05) is 0 Å². The molecular formula is C8H13N7. The molecule has 0 aliphatic heterocycles. The standard InChI is InChI=1S/C8H13N7/c1-14-6-10-5-7(14)8-11-12-13-15(8)4-2-3-9/h5-6H,2-4,9H2,1H3. The zero-order valence-corrected chi connectivity index (χ0v) is 8.54. The zero-order valence-electron chi connectivity index (χ0n) is 8.54. The van der Waals surface area contributed by atoms with Gasteiger partial charge in [-0.05, 0) is 23.4 Å². The lowest BCUT2D eigenvalue weighted by atomic mass is 10.4. The number of rotatable bonds is 4. The van der Waals surface area contributed by atoms with E-state index in [-0.39, 0.29) is 0 Å². The SMILES string of the molecule is Cn1cncc1-c1nnnn1CCCN. The van der Waals surface area contributed by atoms with E-state index in [9.17, 15) is 0 Å². The van der Waals surface area contributed by atoms with Gasteiger partial charge in [0.1, 0.15) is 5.69 Å². The lowest BCUT2D eigenvalue weighted by Crippen LogP contribution is -2.09. The van der Waals surface area contributed by atoms with Crippen LogP contribution >= 0.6 is 0 Å². The first-order valence-electron chi connectivity index (χ1n) is 4.76. The third-order valence-corrected chi connectivity index (χ3v) is 2.15. The van der Waals surface area contributed by atoms with E-state index in [4.69, 9.17) is 5.73 Å². The molecule has 0 aromatic carbocycles. The third kappa shape index (κ3) is 1.86. The van der Waals surface area contributed by atoms with E-state index in [1.54, 1.807) is 17.2 Å². The van der Waals surface area contributed by atoms with Crippen molar-refractivity contribution in [1.82, 2.24) is 29.8 Å². The summed E-state index contributed by atoms with van der Waals surface area (Å²) in [6.45, 7) is 1.36. The number of nitrogens with zero attached hydrogens (tertiary/aromatic N) is 6. The predicted octanol–water partition coefficient (Wildman–Crippen LogP) is -0.578.